The SMILES string of the molecule is O=C(c1ccncc1)N1CCN(C2c3ccc(Cl)cc3OCc3cccnc32)CC1. The number of nitrogens with zero attached hydrogens (tertiary/aromatic N) is 4. The highest BCUT2D eigenvalue weighted by Crippen LogP contribution is 2.40. The third kappa shape index (κ3) is 3.53. The Balaban J connectivity index is 1.43. The van der Waals surface area contributed by atoms with Crippen LogP contribution in [0, 0.1) is 0 Å². The quantitative estimate of drug-likeness (QED) is 0.634. The molecule has 0 spiro atoms. The summed E-state index contributed by atoms with van der Waals surface area (Å²) in [7, 11) is 0. The second-order valence-electron chi connectivity index (χ2n) is 7.49. The number of ether oxygens (including phenoxy) is 1. The van der Waals surface area contributed by atoms with Crippen LogP contribution in [0.4, 0.5) is 0 Å². The molecule has 2 aliphatic heterocycles. The molecule has 7 heteroatoms. The molecule has 1 unspecified atom stereocenters. The maximum absolute atomic E-state index is 12.8. The Labute approximate surface area is 180 Å². The van der Waals surface area contributed by atoms with Gasteiger partial charge in [-0.05, 0) is 30.3 Å². The van der Waals surface area contributed by atoms with E-state index in [0.29, 0.717) is 30.3 Å². The van der Waals surface area contributed by atoms with Crippen LogP contribution in [0.2, 0.25) is 5.02 Å². The van der Waals surface area contributed by atoms with Crippen molar-refractivity contribution in [3.8, 4) is 5.75 Å². The number of hydrogen-bond donors (Lipinski definition) is 0. The number of fused-ring (bicyclic) bond motifs is 2. The van der Waals surface area contributed by atoms with Gasteiger partial charge in [-0.2, -0.15) is 0 Å². The van der Waals surface area contributed by atoms with Crippen LogP contribution >= 0.6 is 11.6 Å². The number of benzene rings is 1. The lowest BCUT2D eigenvalue weighted by molar-refractivity contribution is 0.0594. The van der Waals surface area contributed by atoms with Crippen molar-refractivity contribution in [2.45, 2.75) is 12.6 Å². The Hall–Kier alpha value is -2.96. The van der Waals surface area contributed by atoms with Gasteiger partial charge in [0.25, 0.3) is 5.91 Å². The van der Waals surface area contributed by atoms with Gasteiger partial charge in [-0.1, -0.05) is 23.7 Å². The maximum atomic E-state index is 12.8. The summed E-state index contributed by atoms with van der Waals surface area (Å²) in [5.41, 5.74) is 3.82. The molecule has 1 aromatic carbocycles. The molecule has 0 N–H and O–H groups in total. The zero-order chi connectivity index (χ0) is 20.5. The molecule has 1 fully saturated rings. The van der Waals surface area contributed by atoms with Gasteiger partial charge in [0.1, 0.15) is 12.4 Å². The van der Waals surface area contributed by atoms with Crippen molar-refractivity contribution in [2.24, 2.45) is 0 Å². The van der Waals surface area contributed by atoms with Crippen molar-refractivity contribution < 1.29 is 9.53 Å². The van der Waals surface area contributed by atoms with Gasteiger partial charge in [-0.3, -0.25) is 19.7 Å². The van der Waals surface area contributed by atoms with Crippen molar-refractivity contribution in [2.75, 3.05) is 26.2 Å². The van der Waals surface area contributed by atoms with E-state index in [0.717, 1.165) is 35.7 Å². The maximum Gasteiger partial charge on any atom is 0.254 e. The van der Waals surface area contributed by atoms with Crippen LogP contribution in [0.5, 0.6) is 5.75 Å². The second-order valence-corrected chi connectivity index (χ2v) is 7.92. The largest absolute Gasteiger partial charge is 0.488 e. The lowest BCUT2D eigenvalue weighted by Gasteiger charge is -2.39. The predicted octanol–water partition coefficient (Wildman–Crippen LogP) is 3.57. The van der Waals surface area contributed by atoms with Gasteiger partial charge in [0.2, 0.25) is 0 Å². The fourth-order valence-corrected chi connectivity index (χ4v) is 4.37. The summed E-state index contributed by atoms with van der Waals surface area (Å²) in [4.78, 5) is 25.8. The summed E-state index contributed by atoms with van der Waals surface area (Å²) in [5.74, 6) is 0.841. The first kappa shape index (κ1) is 19.0. The third-order valence-corrected chi connectivity index (χ3v) is 5.97. The molecule has 30 heavy (non-hydrogen) atoms. The van der Waals surface area contributed by atoms with Crippen LogP contribution in [-0.2, 0) is 6.61 Å². The normalized spacial score (nSPS) is 18.7. The standard InChI is InChI=1S/C23H21ClN4O2/c24-18-3-4-19-20(14-18)30-15-17-2-1-7-26-21(17)22(19)27-10-12-28(13-11-27)23(29)16-5-8-25-9-6-16/h1-9,14,22H,10-13,15H2. The van der Waals surface area contributed by atoms with Gasteiger partial charge in [0, 0.05) is 66.5 Å². The Morgan fingerprint density at radius 3 is 2.63 bits per heavy atom. The lowest BCUT2D eigenvalue weighted by Crippen LogP contribution is -2.50. The summed E-state index contributed by atoms with van der Waals surface area (Å²) in [6.07, 6.45) is 5.13. The molecule has 0 bridgehead atoms. The number of aromatic nitrogens is 2. The average Bonchev–Trinajstić information content (AvgIpc) is 2.96. The van der Waals surface area contributed by atoms with Crippen molar-refractivity contribution in [1.82, 2.24) is 19.8 Å². The van der Waals surface area contributed by atoms with Gasteiger partial charge in [-0.15, -0.1) is 0 Å². The highest BCUT2D eigenvalue weighted by molar-refractivity contribution is 6.30. The van der Waals surface area contributed by atoms with Gasteiger partial charge >= 0.3 is 0 Å². The number of carbonyl (C=O) groups excluding carboxylic acids is 1. The van der Waals surface area contributed by atoms with E-state index in [1.54, 1.807) is 24.5 Å². The van der Waals surface area contributed by atoms with Crippen molar-refractivity contribution >= 4 is 17.5 Å². The molecule has 1 amide bonds. The van der Waals surface area contributed by atoms with Crippen LogP contribution in [-0.4, -0.2) is 51.9 Å². The second kappa shape index (κ2) is 8.05. The fraction of sp³-hybridized carbons (Fsp3) is 0.261. The van der Waals surface area contributed by atoms with Crippen molar-refractivity contribution in [3.63, 3.8) is 0 Å². The molecule has 0 saturated carbocycles. The van der Waals surface area contributed by atoms with Gasteiger partial charge in [-0.25, -0.2) is 0 Å². The first-order valence-electron chi connectivity index (χ1n) is 10.00. The molecule has 0 aliphatic carbocycles. The predicted molar refractivity (Wildman–Crippen MR) is 114 cm³/mol. The molecule has 152 valence electrons. The van der Waals surface area contributed by atoms with E-state index in [-0.39, 0.29) is 11.9 Å². The summed E-state index contributed by atoms with van der Waals surface area (Å²) < 4.78 is 6.07. The van der Waals surface area contributed by atoms with Crippen LogP contribution in [0.1, 0.15) is 33.2 Å². The molecular weight excluding hydrogens is 400 g/mol. The molecule has 1 atom stereocenters. The zero-order valence-corrected chi connectivity index (χ0v) is 17.1. The van der Waals surface area contributed by atoms with E-state index >= 15 is 0 Å². The first-order valence-corrected chi connectivity index (χ1v) is 10.4. The number of rotatable bonds is 2. The van der Waals surface area contributed by atoms with E-state index in [9.17, 15) is 4.79 Å². The van der Waals surface area contributed by atoms with E-state index in [1.807, 2.05) is 35.4 Å². The molecule has 1 saturated heterocycles. The Bertz CT molecular complexity index is 1070. The molecule has 2 aromatic heterocycles. The molecule has 0 radical (unpaired) electrons. The van der Waals surface area contributed by atoms with Crippen LogP contribution < -0.4 is 4.74 Å². The minimum atomic E-state index is -0.0332. The zero-order valence-electron chi connectivity index (χ0n) is 16.4. The summed E-state index contributed by atoms with van der Waals surface area (Å²) in [6.45, 7) is 3.28. The number of pyridine rings is 2. The smallest absolute Gasteiger partial charge is 0.254 e. The van der Waals surface area contributed by atoms with Gasteiger partial charge < -0.3 is 9.64 Å². The molecule has 6 nitrogen and oxygen atoms in total. The molecule has 4 heterocycles. The van der Waals surface area contributed by atoms with E-state index in [1.165, 1.54) is 0 Å². The minimum absolute atomic E-state index is 0.0332. The number of carbonyl (C=O) groups is 1. The van der Waals surface area contributed by atoms with Crippen molar-refractivity contribution in [3.05, 3.63) is 88.5 Å². The summed E-state index contributed by atoms with van der Waals surface area (Å²) in [6, 6.07) is 13.3. The number of amides is 1. The van der Waals surface area contributed by atoms with E-state index < -0.39 is 0 Å². The summed E-state index contributed by atoms with van der Waals surface area (Å²) in [5, 5.41) is 0.652. The van der Waals surface area contributed by atoms with Crippen LogP contribution in [0.25, 0.3) is 0 Å². The highest BCUT2D eigenvalue weighted by atomic mass is 35.5. The number of piperazine rings is 1. The summed E-state index contributed by atoms with van der Waals surface area (Å²) >= 11 is 6.23. The number of hydrogen-bond acceptors (Lipinski definition) is 5. The molecule has 5 rings (SSSR count). The molecule has 2 aliphatic rings. The van der Waals surface area contributed by atoms with E-state index in [2.05, 4.69) is 16.0 Å². The third-order valence-electron chi connectivity index (χ3n) is 5.73. The molecular formula is C23H21ClN4O2. The Morgan fingerprint density at radius 2 is 1.83 bits per heavy atom. The Morgan fingerprint density at radius 1 is 1.03 bits per heavy atom. The minimum Gasteiger partial charge on any atom is -0.488 e. The van der Waals surface area contributed by atoms with Crippen LogP contribution in [0.3, 0.4) is 0 Å². The topological polar surface area (TPSA) is 58.6 Å². The first-order chi connectivity index (χ1) is 14.7. The highest BCUT2D eigenvalue weighted by Gasteiger charge is 2.34. The fourth-order valence-electron chi connectivity index (χ4n) is 4.21. The Kier molecular flexibility index (Phi) is 5.11. The van der Waals surface area contributed by atoms with Gasteiger partial charge in [0.05, 0.1) is 11.7 Å². The van der Waals surface area contributed by atoms with E-state index in [4.69, 9.17) is 21.3 Å². The monoisotopic (exact) mass is 420 g/mol. The lowest BCUT2D eigenvalue weighted by atomic mass is 9.97. The van der Waals surface area contributed by atoms with Crippen molar-refractivity contribution in [1.29, 1.82) is 0 Å². The molecule has 3 aromatic rings. The van der Waals surface area contributed by atoms with Crippen LogP contribution in [0.15, 0.2) is 61.1 Å². The number of halogens is 1. The average molecular weight is 421 g/mol. The van der Waals surface area contributed by atoms with Gasteiger partial charge in [0.15, 0.2) is 0 Å².